The van der Waals surface area contributed by atoms with Crippen LogP contribution in [0.2, 0.25) is 0 Å². The molecule has 2 nitrogen and oxygen atoms in total. The predicted molar refractivity (Wildman–Crippen MR) is 79.3 cm³/mol. The number of ether oxygens (including phenoxy) is 1. The van der Waals surface area contributed by atoms with Gasteiger partial charge in [0, 0.05) is 0 Å². The fraction of sp³-hybridized carbons (Fsp3) is 0.294. The van der Waals surface area contributed by atoms with Gasteiger partial charge in [-0.25, -0.2) is 4.39 Å². The SMILES string of the molecule is CCCC(N)(c1ccccc1)c1ccc(OC)c(F)c1. The number of benzene rings is 2. The Labute approximate surface area is 119 Å². The van der Waals surface area contributed by atoms with Crippen LogP contribution in [-0.4, -0.2) is 7.11 Å². The quantitative estimate of drug-likeness (QED) is 0.898. The summed E-state index contributed by atoms with van der Waals surface area (Å²) in [6.07, 6.45) is 1.67. The van der Waals surface area contributed by atoms with Crippen molar-refractivity contribution in [2.24, 2.45) is 5.73 Å². The molecule has 2 aromatic rings. The highest BCUT2D eigenvalue weighted by Gasteiger charge is 2.29. The van der Waals surface area contributed by atoms with Crippen molar-refractivity contribution >= 4 is 0 Å². The molecule has 3 heteroatoms. The number of hydrogen-bond donors (Lipinski definition) is 1. The Morgan fingerprint density at radius 2 is 1.80 bits per heavy atom. The van der Waals surface area contributed by atoms with Gasteiger partial charge in [0.05, 0.1) is 12.6 Å². The Balaban J connectivity index is 2.50. The largest absolute Gasteiger partial charge is 0.494 e. The standard InChI is InChI=1S/C17H20FNO/c1-3-11-17(19,13-7-5-4-6-8-13)14-9-10-16(20-2)15(18)12-14/h4-10,12H,3,11,19H2,1-2H3. The zero-order valence-electron chi connectivity index (χ0n) is 11.9. The molecular formula is C17H20FNO. The van der Waals surface area contributed by atoms with E-state index in [4.69, 9.17) is 10.5 Å². The van der Waals surface area contributed by atoms with Gasteiger partial charge in [0.15, 0.2) is 11.6 Å². The molecule has 0 bridgehead atoms. The van der Waals surface area contributed by atoms with Crippen molar-refractivity contribution in [1.29, 1.82) is 0 Å². The average Bonchev–Trinajstić information content (AvgIpc) is 2.48. The van der Waals surface area contributed by atoms with Crippen LogP contribution in [-0.2, 0) is 5.54 Å². The minimum atomic E-state index is -0.677. The van der Waals surface area contributed by atoms with Gasteiger partial charge in [0.2, 0.25) is 0 Å². The highest BCUT2D eigenvalue weighted by molar-refractivity contribution is 5.41. The summed E-state index contributed by atoms with van der Waals surface area (Å²) in [6.45, 7) is 2.07. The van der Waals surface area contributed by atoms with Crippen molar-refractivity contribution in [2.75, 3.05) is 7.11 Å². The lowest BCUT2D eigenvalue weighted by molar-refractivity contribution is 0.384. The first-order valence-corrected chi connectivity index (χ1v) is 6.80. The Bertz CT molecular complexity index is 570. The molecule has 1 atom stereocenters. The summed E-state index contributed by atoms with van der Waals surface area (Å²) in [6, 6.07) is 14.8. The smallest absolute Gasteiger partial charge is 0.165 e. The van der Waals surface area contributed by atoms with Gasteiger partial charge in [-0.05, 0) is 29.7 Å². The van der Waals surface area contributed by atoms with Crippen molar-refractivity contribution in [3.8, 4) is 5.75 Å². The molecule has 2 aromatic carbocycles. The molecule has 0 radical (unpaired) electrons. The van der Waals surface area contributed by atoms with Crippen LogP contribution >= 0.6 is 0 Å². The first-order chi connectivity index (χ1) is 9.61. The highest BCUT2D eigenvalue weighted by atomic mass is 19.1. The van der Waals surface area contributed by atoms with Gasteiger partial charge >= 0.3 is 0 Å². The topological polar surface area (TPSA) is 35.2 Å². The molecule has 0 spiro atoms. The van der Waals surface area contributed by atoms with Gasteiger partial charge in [0.1, 0.15) is 0 Å². The molecule has 0 saturated carbocycles. The highest BCUT2D eigenvalue weighted by Crippen LogP contribution is 2.33. The second-order valence-corrected chi connectivity index (χ2v) is 4.94. The number of halogens is 1. The number of rotatable bonds is 5. The summed E-state index contributed by atoms with van der Waals surface area (Å²) in [5.74, 6) is -0.146. The minimum absolute atomic E-state index is 0.237. The lowest BCUT2D eigenvalue weighted by Crippen LogP contribution is -2.37. The minimum Gasteiger partial charge on any atom is -0.494 e. The maximum Gasteiger partial charge on any atom is 0.165 e. The van der Waals surface area contributed by atoms with Crippen LogP contribution in [0, 0.1) is 5.82 Å². The fourth-order valence-electron chi connectivity index (χ4n) is 2.53. The molecule has 0 aromatic heterocycles. The second kappa shape index (κ2) is 6.06. The van der Waals surface area contributed by atoms with Gasteiger partial charge in [0.25, 0.3) is 0 Å². The third-order valence-corrected chi connectivity index (χ3v) is 3.60. The molecule has 1 unspecified atom stereocenters. The van der Waals surface area contributed by atoms with E-state index >= 15 is 0 Å². The van der Waals surface area contributed by atoms with Crippen molar-refractivity contribution < 1.29 is 9.13 Å². The summed E-state index contributed by atoms with van der Waals surface area (Å²) in [7, 11) is 1.46. The normalized spacial score (nSPS) is 13.8. The molecule has 0 aliphatic rings. The van der Waals surface area contributed by atoms with E-state index < -0.39 is 5.54 Å². The maximum atomic E-state index is 14.0. The van der Waals surface area contributed by atoms with Crippen molar-refractivity contribution in [3.63, 3.8) is 0 Å². The van der Waals surface area contributed by atoms with Gasteiger partial charge < -0.3 is 10.5 Å². The van der Waals surface area contributed by atoms with Gasteiger partial charge in [-0.3, -0.25) is 0 Å². The first kappa shape index (κ1) is 14.5. The summed E-state index contributed by atoms with van der Waals surface area (Å²) < 4.78 is 18.9. The number of methoxy groups -OCH3 is 1. The molecule has 0 saturated heterocycles. The van der Waals surface area contributed by atoms with Crippen LogP contribution in [0.5, 0.6) is 5.75 Å². The van der Waals surface area contributed by atoms with E-state index in [2.05, 4.69) is 6.92 Å². The molecule has 0 amide bonds. The van der Waals surface area contributed by atoms with Crippen molar-refractivity contribution in [3.05, 3.63) is 65.5 Å². The zero-order valence-corrected chi connectivity index (χ0v) is 11.9. The average molecular weight is 273 g/mol. The van der Waals surface area contributed by atoms with E-state index in [0.717, 1.165) is 24.0 Å². The van der Waals surface area contributed by atoms with Crippen LogP contribution < -0.4 is 10.5 Å². The molecule has 2 N–H and O–H groups in total. The summed E-state index contributed by atoms with van der Waals surface area (Å²) >= 11 is 0. The van der Waals surface area contributed by atoms with E-state index in [1.165, 1.54) is 13.2 Å². The van der Waals surface area contributed by atoms with Gasteiger partial charge in [-0.1, -0.05) is 49.7 Å². The monoisotopic (exact) mass is 273 g/mol. The molecular weight excluding hydrogens is 253 g/mol. The molecule has 20 heavy (non-hydrogen) atoms. The van der Waals surface area contributed by atoms with Gasteiger partial charge in [-0.15, -0.1) is 0 Å². The molecule has 0 heterocycles. The van der Waals surface area contributed by atoms with E-state index in [1.54, 1.807) is 6.07 Å². The molecule has 2 rings (SSSR count). The van der Waals surface area contributed by atoms with Crippen LogP contribution in [0.3, 0.4) is 0 Å². The van der Waals surface area contributed by atoms with Gasteiger partial charge in [-0.2, -0.15) is 0 Å². The third kappa shape index (κ3) is 2.68. The molecule has 106 valence electrons. The molecule has 0 aliphatic heterocycles. The van der Waals surface area contributed by atoms with Crippen molar-refractivity contribution in [2.45, 2.75) is 25.3 Å². The first-order valence-electron chi connectivity index (χ1n) is 6.80. The Hall–Kier alpha value is -1.87. The third-order valence-electron chi connectivity index (χ3n) is 3.60. The van der Waals surface area contributed by atoms with E-state index in [0.29, 0.717) is 0 Å². The molecule has 0 fully saturated rings. The lowest BCUT2D eigenvalue weighted by atomic mass is 9.80. The van der Waals surface area contributed by atoms with E-state index in [-0.39, 0.29) is 11.6 Å². The summed E-state index contributed by atoms with van der Waals surface area (Å²) in [5.41, 5.74) is 7.69. The Morgan fingerprint density at radius 3 is 2.35 bits per heavy atom. The van der Waals surface area contributed by atoms with Crippen LogP contribution in [0.4, 0.5) is 4.39 Å². The predicted octanol–water partition coefficient (Wildman–Crippen LogP) is 3.84. The zero-order chi connectivity index (χ0) is 14.6. The number of nitrogens with two attached hydrogens (primary N) is 1. The summed E-state index contributed by atoms with van der Waals surface area (Å²) in [4.78, 5) is 0. The Morgan fingerprint density at radius 1 is 1.10 bits per heavy atom. The van der Waals surface area contributed by atoms with Crippen LogP contribution in [0.25, 0.3) is 0 Å². The second-order valence-electron chi connectivity index (χ2n) is 4.94. The molecule has 0 aliphatic carbocycles. The maximum absolute atomic E-state index is 14.0. The Kier molecular flexibility index (Phi) is 4.40. The summed E-state index contributed by atoms with van der Waals surface area (Å²) in [5, 5.41) is 0. The lowest BCUT2D eigenvalue weighted by Gasteiger charge is -2.30. The van der Waals surface area contributed by atoms with Crippen LogP contribution in [0.15, 0.2) is 48.5 Å². The fourth-order valence-corrected chi connectivity index (χ4v) is 2.53. The van der Waals surface area contributed by atoms with Crippen LogP contribution in [0.1, 0.15) is 30.9 Å². The van der Waals surface area contributed by atoms with E-state index in [9.17, 15) is 4.39 Å². The number of hydrogen-bond acceptors (Lipinski definition) is 2. The van der Waals surface area contributed by atoms with E-state index in [1.807, 2.05) is 36.4 Å². The van der Waals surface area contributed by atoms with Crippen molar-refractivity contribution in [1.82, 2.24) is 0 Å².